The molecule has 0 saturated carbocycles. The minimum absolute atomic E-state index is 0.0550. The quantitative estimate of drug-likeness (QED) is 0.728. The van der Waals surface area contributed by atoms with E-state index >= 15 is 0 Å². The number of carboxylic acid groups (broad SMARTS) is 1. The van der Waals surface area contributed by atoms with Gasteiger partial charge in [-0.3, -0.25) is 14.5 Å². The summed E-state index contributed by atoms with van der Waals surface area (Å²) in [6, 6.07) is 10.2. The van der Waals surface area contributed by atoms with Crippen molar-refractivity contribution in [1.29, 1.82) is 0 Å². The number of benzene rings is 1. The van der Waals surface area contributed by atoms with Crippen LogP contribution in [-0.4, -0.2) is 80.3 Å². The molecule has 0 unspecified atom stereocenters. The van der Waals surface area contributed by atoms with E-state index in [1.54, 1.807) is 7.11 Å². The Balaban J connectivity index is 0.00000114. The Morgan fingerprint density at radius 3 is 2.56 bits per heavy atom. The van der Waals surface area contributed by atoms with E-state index in [2.05, 4.69) is 26.0 Å². The Bertz CT molecular complexity index is 553. The van der Waals surface area contributed by atoms with Crippen LogP contribution in [0.4, 0.5) is 0 Å². The Morgan fingerprint density at radius 2 is 2.00 bits per heavy atom. The maximum absolute atomic E-state index is 12.7. The number of carbonyl (C=O) groups is 2. The van der Waals surface area contributed by atoms with Gasteiger partial charge < -0.3 is 19.5 Å². The zero-order chi connectivity index (χ0) is 20.2. The third-order valence-electron chi connectivity index (χ3n) is 4.48. The zero-order valence-corrected chi connectivity index (χ0v) is 16.7. The van der Waals surface area contributed by atoms with Gasteiger partial charge in [0.2, 0.25) is 5.91 Å². The lowest BCUT2D eigenvalue weighted by Gasteiger charge is -2.40. The molecule has 27 heavy (non-hydrogen) atoms. The minimum atomic E-state index is -0.250. The molecule has 1 heterocycles. The zero-order valence-electron chi connectivity index (χ0n) is 16.7. The van der Waals surface area contributed by atoms with Gasteiger partial charge in [-0.1, -0.05) is 44.2 Å². The van der Waals surface area contributed by atoms with Crippen LogP contribution in [0.2, 0.25) is 0 Å². The highest BCUT2D eigenvalue weighted by Gasteiger charge is 2.33. The first-order chi connectivity index (χ1) is 12.9. The molecule has 1 N–H and O–H groups in total. The number of morpholine rings is 1. The minimum Gasteiger partial charge on any atom is -0.483 e. The maximum atomic E-state index is 12.7. The van der Waals surface area contributed by atoms with Crippen molar-refractivity contribution < 1.29 is 24.2 Å². The first-order valence-electron chi connectivity index (χ1n) is 9.16. The predicted molar refractivity (Wildman–Crippen MR) is 104 cm³/mol. The molecule has 0 bridgehead atoms. The normalized spacial score (nSPS) is 19.6. The van der Waals surface area contributed by atoms with E-state index in [9.17, 15) is 4.79 Å². The standard InChI is InChI=1S/C19H30N2O3.CH2O2/c1-15(2)17-12-21(19(22)14-20(3)10-11-23-4)13-18(24-17)16-8-6-5-7-9-16;2-1-3/h5-9,15,17-18H,10-14H2,1-4H3;1H,(H,2,3)/t17-,18+;/m1./s1. The van der Waals surface area contributed by atoms with E-state index in [1.807, 2.05) is 35.0 Å². The number of ether oxygens (including phenoxy) is 2. The van der Waals surface area contributed by atoms with Crippen LogP contribution in [0.15, 0.2) is 30.3 Å². The van der Waals surface area contributed by atoms with Crippen LogP contribution in [0.25, 0.3) is 0 Å². The number of rotatable bonds is 7. The average Bonchev–Trinajstić information content (AvgIpc) is 2.67. The molecule has 7 heteroatoms. The van der Waals surface area contributed by atoms with Crippen LogP contribution in [0.5, 0.6) is 0 Å². The van der Waals surface area contributed by atoms with Gasteiger partial charge in [-0.15, -0.1) is 0 Å². The Morgan fingerprint density at radius 1 is 1.37 bits per heavy atom. The maximum Gasteiger partial charge on any atom is 0.290 e. The largest absolute Gasteiger partial charge is 0.483 e. The molecule has 1 aromatic rings. The van der Waals surface area contributed by atoms with Crippen molar-refractivity contribution >= 4 is 12.4 Å². The van der Waals surface area contributed by atoms with Crippen molar-refractivity contribution in [1.82, 2.24) is 9.80 Å². The fraction of sp³-hybridized carbons (Fsp3) is 0.600. The van der Waals surface area contributed by atoms with Gasteiger partial charge in [-0.05, 0) is 18.5 Å². The van der Waals surface area contributed by atoms with Crippen molar-refractivity contribution in [2.75, 3.05) is 46.9 Å². The van der Waals surface area contributed by atoms with Crippen molar-refractivity contribution in [3.63, 3.8) is 0 Å². The molecule has 1 saturated heterocycles. The number of likely N-dealkylation sites (N-methyl/N-ethyl adjacent to an activating group) is 1. The van der Waals surface area contributed by atoms with Gasteiger partial charge >= 0.3 is 0 Å². The Hall–Kier alpha value is -1.96. The van der Waals surface area contributed by atoms with E-state index in [0.717, 1.165) is 12.1 Å². The molecule has 2 rings (SSSR count). The van der Waals surface area contributed by atoms with Crippen molar-refractivity contribution in [2.24, 2.45) is 5.92 Å². The summed E-state index contributed by atoms with van der Waals surface area (Å²) in [5.74, 6) is 0.529. The lowest BCUT2D eigenvalue weighted by atomic mass is 10.0. The number of hydrogen-bond donors (Lipinski definition) is 1. The molecule has 1 aromatic carbocycles. The van der Waals surface area contributed by atoms with Gasteiger partial charge in [0.05, 0.1) is 25.8 Å². The highest BCUT2D eigenvalue weighted by molar-refractivity contribution is 5.78. The number of carbonyl (C=O) groups excluding carboxylic acids is 1. The summed E-state index contributed by atoms with van der Waals surface area (Å²) in [6.07, 6.45) is 0.0118. The molecular weight excluding hydrogens is 348 g/mol. The van der Waals surface area contributed by atoms with E-state index in [4.69, 9.17) is 19.4 Å². The van der Waals surface area contributed by atoms with Gasteiger partial charge in [0.1, 0.15) is 6.10 Å². The third-order valence-corrected chi connectivity index (χ3v) is 4.48. The molecule has 0 spiro atoms. The Labute approximate surface area is 161 Å². The van der Waals surface area contributed by atoms with Gasteiger partial charge in [-0.25, -0.2) is 0 Å². The predicted octanol–water partition coefficient (Wildman–Crippen LogP) is 1.89. The molecule has 1 amide bonds. The molecule has 1 fully saturated rings. The summed E-state index contributed by atoms with van der Waals surface area (Å²) < 4.78 is 11.3. The van der Waals surface area contributed by atoms with E-state index in [0.29, 0.717) is 32.2 Å². The molecule has 0 radical (unpaired) electrons. The summed E-state index contributed by atoms with van der Waals surface area (Å²) in [7, 11) is 3.63. The highest BCUT2D eigenvalue weighted by Crippen LogP contribution is 2.28. The molecule has 7 nitrogen and oxygen atoms in total. The first kappa shape index (κ1) is 23.1. The number of nitrogens with zero attached hydrogens (tertiary/aromatic N) is 2. The van der Waals surface area contributed by atoms with Crippen molar-refractivity contribution in [2.45, 2.75) is 26.1 Å². The topological polar surface area (TPSA) is 79.3 Å². The smallest absolute Gasteiger partial charge is 0.290 e. The molecule has 152 valence electrons. The molecular formula is C20H32N2O5. The van der Waals surface area contributed by atoms with E-state index < -0.39 is 0 Å². The molecule has 2 atom stereocenters. The van der Waals surface area contributed by atoms with Crippen LogP contribution in [0.1, 0.15) is 25.5 Å². The number of methoxy groups -OCH3 is 1. The number of hydrogen-bond acceptors (Lipinski definition) is 5. The second-order valence-corrected chi connectivity index (χ2v) is 6.95. The summed E-state index contributed by atoms with van der Waals surface area (Å²) in [6.45, 7) is 7.12. The summed E-state index contributed by atoms with van der Waals surface area (Å²) >= 11 is 0. The highest BCUT2D eigenvalue weighted by atomic mass is 16.5. The monoisotopic (exact) mass is 380 g/mol. The first-order valence-corrected chi connectivity index (χ1v) is 9.16. The van der Waals surface area contributed by atoms with E-state index in [-0.39, 0.29) is 24.6 Å². The number of amides is 1. The fourth-order valence-electron chi connectivity index (χ4n) is 2.87. The average molecular weight is 380 g/mol. The van der Waals surface area contributed by atoms with Crippen molar-refractivity contribution in [3.8, 4) is 0 Å². The second kappa shape index (κ2) is 12.4. The van der Waals surface area contributed by atoms with Crippen LogP contribution in [-0.2, 0) is 19.1 Å². The lowest BCUT2D eigenvalue weighted by Crippen LogP contribution is -2.51. The van der Waals surface area contributed by atoms with E-state index in [1.165, 1.54) is 0 Å². The molecule has 0 aromatic heterocycles. The van der Waals surface area contributed by atoms with Crippen molar-refractivity contribution in [3.05, 3.63) is 35.9 Å². The van der Waals surface area contributed by atoms with Crippen LogP contribution in [0, 0.1) is 5.92 Å². The fourth-order valence-corrected chi connectivity index (χ4v) is 2.87. The molecule has 1 aliphatic heterocycles. The third kappa shape index (κ3) is 8.07. The van der Waals surface area contributed by atoms with Gasteiger partial charge in [-0.2, -0.15) is 0 Å². The summed E-state index contributed by atoms with van der Waals surface area (Å²) in [5.41, 5.74) is 1.13. The van der Waals surface area contributed by atoms with Crippen LogP contribution in [0.3, 0.4) is 0 Å². The summed E-state index contributed by atoms with van der Waals surface area (Å²) in [4.78, 5) is 25.0. The molecule has 0 aliphatic carbocycles. The second-order valence-electron chi connectivity index (χ2n) is 6.95. The summed E-state index contributed by atoms with van der Waals surface area (Å²) in [5, 5.41) is 6.89. The van der Waals surface area contributed by atoms with Gasteiger partial charge in [0.15, 0.2) is 0 Å². The molecule has 1 aliphatic rings. The lowest BCUT2D eigenvalue weighted by molar-refractivity contribution is -0.151. The van der Waals surface area contributed by atoms with Gasteiger partial charge in [0, 0.05) is 20.2 Å². The SMILES string of the molecule is COCCN(C)CC(=O)N1C[C@@H](c2ccccc2)O[C@@H](C(C)C)C1.O=CO. The van der Waals surface area contributed by atoms with Gasteiger partial charge in [0.25, 0.3) is 6.47 Å². The Kier molecular flexibility index (Phi) is 10.6. The van der Waals surface area contributed by atoms with Crippen LogP contribution < -0.4 is 0 Å². The van der Waals surface area contributed by atoms with Crippen LogP contribution >= 0.6 is 0 Å².